The van der Waals surface area contributed by atoms with Crippen molar-refractivity contribution in [3.8, 4) is 5.75 Å². The molecule has 0 saturated carbocycles. The molecule has 0 aromatic heterocycles. The van der Waals surface area contributed by atoms with Gasteiger partial charge in [-0.05, 0) is 39.5 Å². The van der Waals surface area contributed by atoms with E-state index in [4.69, 9.17) is 13.8 Å². The van der Waals surface area contributed by atoms with Crippen molar-refractivity contribution >= 4 is 38.1 Å². The number of fused-ring (bicyclic) bond motifs is 1. The van der Waals surface area contributed by atoms with Gasteiger partial charge in [-0.15, -0.1) is 0 Å². The van der Waals surface area contributed by atoms with Crippen LogP contribution in [0.3, 0.4) is 0 Å². The van der Waals surface area contributed by atoms with Crippen LogP contribution in [0.2, 0.25) is 0 Å². The summed E-state index contributed by atoms with van der Waals surface area (Å²) in [5, 5.41) is 0.949. The van der Waals surface area contributed by atoms with Crippen LogP contribution in [0.25, 0.3) is 10.8 Å². The Morgan fingerprint density at radius 1 is 0.929 bits per heavy atom. The quantitative estimate of drug-likeness (QED) is 0.318. The van der Waals surface area contributed by atoms with Crippen molar-refractivity contribution in [2.45, 2.75) is 0 Å². The molecule has 4 heteroatoms. The van der Waals surface area contributed by atoms with Crippen molar-refractivity contribution in [3.63, 3.8) is 0 Å². The molecule has 0 heterocycles. The van der Waals surface area contributed by atoms with Gasteiger partial charge in [0.25, 0.3) is 0 Å². The molecule has 0 amide bonds. The number of rotatable bonds is 4. The normalized spacial score (nSPS) is 12.7. The van der Waals surface area contributed by atoms with Gasteiger partial charge >= 0.3 is 0 Å². The molecule has 0 saturated heterocycles. The first kappa shape index (κ1) is 15.0. The molecule has 138 valence electrons. The van der Waals surface area contributed by atoms with Crippen molar-refractivity contribution in [1.82, 2.24) is 0 Å². The molecule has 0 N–H and O–H groups in total. The number of halogens is 2. The second-order valence-corrected chi connectivity index (χ2v) is 7.05. The average Bonchev–Trinajstić information content (AvgIpc) is 2.74. The molecule has 0 fully saturated rings. The van der Waals surface area contributed by atoms with Gasteiger partial charge < -0.3 is 4.74 Å². The summed E-state index contributed by atoms with van der Waals surface area (Å²) >= 11 is 3.44. The highest BCUT2D eigenvalue weighted by Gasteiger charge is 2.13. The first-order chi connectivity index (χ1) is 14.8. The predicted molar refractivity (Wildman–Crippen MR) is 116 cm³/mol. The lowest BCUT2D eigenvalue weighted by Gasteiger charge is -2.11. The van der Waals surface area contributed by atoms with E-state index in [0.717, 1.165) is 16.8 Å². The highest BCUT2D eigenvalue weighted by atomic mass is 79.9. The van der Waals surface area contributed by atoms with Crippen molar-refractivity contribution < 1.29 is 13.2 Å². The minimum Gasteiger partial charge on any atom is -0.493 e. The van der Waals surface area contributed by atoms with E-state index in [0.29, 0.717) is 20.9 Å². The lowest BCUT2D eigenvalue weighted by Crippen LogP contribution is -2.02. The summed E-state index contributed by atoms with van der Waals surface area (Å²) in [5.74, 6) is -1.05. The Hall–Kier alpha value is -2.98. The Morgan fingerprint density at radius 3 is 2.18 bits per heavy atom. The van der Waals surface area contributed by atoms with Crippen molar-refractivity contribution in [1.29, 1.82) is 0 Å². The number of benzene rings is 4. The fraction of sp³-hybridized carbons (Fsp3) is 0.0417. The minimum absolute atomic E-state index is 0.314. The Labute approximate surface area is 175 Å². The third-order valence-corrected chi connectivity index (χ3v) is 5.02. The zero-order valence-electron chi connectivity index (χ0n) is 17.7. The fourth-order valence-corrected chi connectivity index (χ4v) is 3.77. The molecular weight excluding hydrogens is 417 g/mol. The van der Waals surface area contributed by atoms with Crippen LogP contribution in [0.15, 0.2) is 94.4 Å². The molecule has 0 radical (unpaired) electrons. The van der Waals surface area contributed by atoms with Crippen LogP contribution in [-0.4, -0.2) is 12.7 Å². The van der Waals surface area contributed by atoms with Gasteiger partial charge in [0, 0.05) is 21.0 Å². The van der Waals surface area contributed by atoms with E-state index in [-0.39, 0.29) is 5.75 Å². The third-order valence-electron chi connectivity index (χ3n) is 4.40. The molecule has 0 atom stereocenters. The number of aliphatic imine (C=N–C) groups is 1. The molecule has 0 aliphatic carbocycles. The smallest absolute Gasteiger partial charge is 0.165 e. The van der Waals surface area contributed by atoms with Gasteiger partial charge in [-0.25, -0.2) is 9.38 Å². The van der Waals surface area contributed by atoms with Crippen molar-refractivity contribution in [2.75, 3.05) is 7.04 Å². The van der Waals surface area contributed by atoms with Crippen LogP contribution in [-0.2, 0) is 0 Å². The van der Waals surface area contributed by atoms with E-state index in [1.165, 1.54) is 6.07 Å². The lowest BCUT2D eigenvalue weighted by molar-refractivity contribution is 0.392. The summed E-state index contributed by atoms with van der Waals surface area (Å²) in [5.41, 5.74) is 3.33. The summed E-state index contributed by atoms with van der Waals surface area (Å²) in [7, 11) is -2.76. The summed E-state index contributed by atoms with van der Waals surface area (Å²) in [6.07, 6.45) is 0. The Bertz CT molecular complexity index is 1220. The third kappa shape index (κ3) is 3.56. The fourth-order valence-electron chi connectivity index (χ4n) is 3.12. The minimum atomic E-state index is -2.76. The van der Waals surface area contributed by atoms with E-state index < -0.39 is 12.9 Å². The molecule has 4 aromatic carbocycles. The van der Waals surface area contributed by atoms with E-state index in [1.54, 1.807) is 18.2 Å². The summed E-state index contributed by atoms with van der Waals surface area (Å²) in [6.45, 7) is 0. The van der Waals surface area contributed by atoms with Crippen LogP contribution in [0, 0.1) is 5.82 Å². The molecule has 0 aliphatic heterocycles. The van der Waals surface area contributed by atoms with Crippen LogP contribution in [0.5, 0.6) is 5.75 Å². The second-order valence-electron chi connectivity index (χ2n) is 6.20. The van der Waals surface area contributed by atoms with Gasteiger partial charge in [-0.2, -0.15) is 0 Å². The van der Waals surface area contributed by atoms with Gasteiger partial charge in [-0.1, -0.05) is 66.7 Å². The molecule has 0 spiro atoms. The number of nitrogens with zero attached hydrogens (tertiary/aromatic N) is 1. The standard InChI is InChI=1S/C24H17BrFNO/c1-28-24-21(26)13-12-18-14-19(15-20(25)22(18)24)27-23(16-8-4-2-5-9-16)17-10-6-3-7-11-17/h2-15H,1H3/i1D3. The van der Waals surface area contributed by atoms with Gasteiger partial charge in [-0.3, -0.25) is 0 Å². The topological polar surface area (TPSA) is 21.6 Å². The molecule has 2 nitrogen and oxygen atoms in total. The van der Waals surface area contributed by atoms with E-state index >= 15 is 0 Å². The van der Waals surface area contributed by atoms with Gasteiger partial charge in [0.05, 0.1) is 22.5 Å². The average molecular weight is 437 g/mol. The zero-order valence-corrected chi connectivity index (χ0v) is 16.3. The van der Waals surface area contributed by atoms with Crippen LogP contribution in [0.4, 0.5) is 10.1 Å². The highest BCUT2D eigenvalue weighted by molar-refractivity contribution is 9.10. The van der Waals surface area contributed by atoms with E-state index in [2.05, 4.69) is 15.9 Å². The monoisotopic (exact) mass is 436 g/mol. The maximum Gasteiger partial charge on any atom is 0.165 e. The molecule has 0 unspecified atom stereocenters. The van der Waals surface area contributed by atoms with Gasteiger partial charge in [0.15, 0.2) is 11.6 Å². The largest absolute Gasteiger partial charge is 0.493 e. The summed E-state index contributed by atoms with van der Waals surface area (Å²) in [6, 6.07) is 25.9. The second kappa shape index (κ2) is 7.95. The lowest BCUT2D eigenvalue weighted by atomic mass is 10.0. The van der Waals surface area contributed by atoms with Gasteiger partial charge in [0.2, 0.25) is 0 Å². The number of hydrogen-bond donors (Lipinski definition) is 0. The summed E-state index contributed by atoms with van der Waals surface area (Å²) < 4.78 is 41.8. The molecular formula is C24H17BrFNO. The van der Waals surface area contributed by atoms with Gasteiger partial charge in [0.1, 0.15) is 0 Å². The van der Waals surface area contributed by atoms with Crippen LogP contribution >= 0.6 is 15.9 Å². The van der Waals surface area contributed by atoms with Crippen molar-refractivity contribution in [2.24, 2.45) is 4.99 Å². The highest BCUT2D eigenvalue weighted by Crippen LogP contribution is 2.37. The molecule has 28 heavy (non-hydrogen) atoms. The van der Waals surface area contributed by atoms with Crippen molar-refractivity contribution in [3.05, 3.63) is 106 Å². The maximum atomic E-state index is 14.4. The zero-order chi connectivity index (χ0) is 22.0. The van der Waals surface area contributed by atoms with Crippen LogP contribution < -0.4 is 4.74 Å². The molecule has 0 bridgehead atoms. The number of ether oxygens (including phenoxy) is 1. The Morgan fingerprint density at radius 2 is 1.57 bits per heavy atom. The number of methoxy groups -OCH3 is 1. The van der Waals surface area contributed by atoms with E-state index in [1.807, 2.05) is 60.7 Å². The van der Waals surface area contributed by atoms with E-state index in [9.17, 15) is 4.39 Å². The first-order valence-electron chi connectivity index (χ1n) is 10.1. The maximum absolute atomic E-state index is 14.4. The first-order valence-corrected chi connectivity index (χ1v) is 9.41. The molecule has 4 rings (SSSR count). The number of hydrogen-bond acceptors (Lipinski definition) is 2. The summed E-state index contributed by atoms with van der Waals surface area (Å²) in [4.78, 5) is 4.88. The predicted octanol–water partition coefficient (Wildman–Crippen LogP) is 6.92. The Balaban J connectivity index is 1.89. The molecule has 4 aromatic rings. The SMILES string of the molecule is [2H]C([2H])([2H])Oc1c(F)ccc2cc(N=C(c3ccccc3)c3ccccc3)cc(Br)c12. The van der Waals surface area contributed by atoms with Crippen LogP contribution in [0.1, 0.15) is 15.2 Å². The Kier molecular flexibility index (Phi) is 4.26. The molecule has 0 aliphatic rings.